The van der Waals surface area contributed by atoms with Crippen molar-refractivity contribution in [2.75, 3.05) is 14.2 Å². The molecule has 1 heterocycles. The number of carbonyl (C=O) groups excluding carboxylic acids is 1. The number of thioether (sulfide) groups is 1. The highest BCUT2D eigenvalue weighted by molar-refractivity contribution is 7.98. The predicted molar refractivity (Wildman–Crippen MR) is 147 cm³/mol. The Balaban J connectivity index is 1.63. The maximum Gasteiger partial charge on any atom is 0.248 e. The number of hydrogen-bond donors (Lipinski definition) is 1. The number of ether oxygens (including phenoxy) is 2. The molecule has 3 aromatic carbocycles. The van der Waals surface area contributed by atoms with Crippen molar-refractivity contribution in [3.63, 3.8) is 0 Å². The number of hydrogen-bond acceptors (Lipinski definition) is 5. The summed E-state index contributed by atoms with van der Waals surface area (Å²) in [6, 6.07) is 13.7. The van der Waals surface area contributed by atoms with Crippen molar-refractivity contribution in [3.05, 3.63) is 100 Å². The number of carbonyl (C=O) groups is 1. The van der Waals surface area contributed by atoms with Gasteiger partial charge in [-0.3, -0.25) is 9.36 Å². The van der Waals surface area contributed by atoms with Crippen LogP contribution < -0.4 is 15.2 Å². The SMILES string of the molecule is COc1ccc(C2(C)CCCc3nc(SCc4c(F)cc(C(N)=O)cc4F)n(-c4ccc(F)cc4)c32)cc1OC. The lowest BCUT2D eigenvalue weighted by atomic mass is 9.71. The first-order valence-corrected chi connectivity index (χ1v) is 13.7. The summed E-state index contributed by atoms with van der Waals surface area (Å²) in [5.41, 5.74) is 7.71. The molecule has 40 heavy (non-hydrogen) atoms. The molecule has 5 rings (SSSR count). The molecule has 0 aliphatic heterocycles. The van der Waals surface area contributed by atoms with Crippen molar-refractivity contribution >= 4 is 17.7 Å². The molecule has 6 nitrogen and oxygen atoms in total. The number of nitrogens with two attached hydrogens (primary N) is 1. The van der Waals surface area contributed by atoms with E-state index in [1.807, 2.05) is 22.8 Å². The molecule has 1 amide bonds. The number of benzene rings is 3. The zero-order chi connectivity index (χ0) is 28.6. The standard InChI is InChI=1S/C30H28F3N3O3S/c1-30(18-6-11-25(38-2)26(15-18)39-3)12-4-5-24-27(30)36(20-9-7-19(31)8-10-20)29(35-24)40-16-21-22(32)13-17(28(34)37)14-23(21)33/h6-11,13-15H,4-5,12,16H2,1-3H3,(H2,34,37). The first kappa shape index (κ1) is 27.6. The van der Waals surface area contributed by atoms with Gasteiger partial charge < -0.3 is 15.2 Å². The summed E-state index contributed by atoms with van der Waals surface area (Å²) in [7, 11) is 3.17. The number of nitrogens with zero attached hydrogens (tertiary/aromatic N) is 2. The van der Waals surface area contributed by atoms with Crippen molar-refractivity contribution in [2.45, 2.75) is 42.5 Å². The van der Waals surface area contributed by atoms with E-state index in [0.29, 0.717) is 22.3 Å². The van der Waals surface area contributed by atoms with Crippen molar-refractivity contribution in [1.29, 1.82) is 0 Å². The maximum atomic E-state index is 14.8. The molecule has 2 N–H and O–H groups in total. The first-order chi connectivity index (χ1) is 19.2. The van der Waals surface area contributed by atoms with Crippen LogP contribution in [0.3, 0.4) is 0 Å². The Morgan fingerprint density at radius 3 is 2.33 bits per heavy atom. The number of amides is 1. The van der Waals surface area contributed by atoms with Gasteiger partial charge in [0.1, 0.15) is 17.5 Å². The summed E-state index contributed by atoms with van der Waals surface area (Å²) < 4.78 is 56.5. The molecule has 1 unspecified atom stereocenters. The minimum Gasteiger partial charge on any atom is -0.493 e. The molecule has 0 fully saturated rings. The topological polar surface area (TPSA) is 79.4 Å². The number of primary amides is 1. The van der Waals surface area contributed by atoms with E-state index in [1.54, 1.807) is 26.4 Å². The normalized spacial score (nSPS) is 16.4. The van der Waals surface area contributed by atoms with E-state index in [4.69, 9.17) is 20.2 Å². The van der Waals surface area contributed by atoms with Crippen LogP contribution in [0, 0.1) is 17.5 Å². The lowest BCUT2D eigenvalue weighted by Gasteiger charge is -2.36. The number of fused-ring (bicyclic) bond motifs is 1. The molecule has 4 aromatic rings. The highest BCUT2D eigenvalue weighted by Gasteiger charge is 2.40. The summed E-state index contributed by atoms with van der Waals surface area (Å²) in [6.45, 7) is 2.13. The van der Waals surface area contributed by atoms with Gasteiger partial charge in [-0.15, -0.1) is 0 Å². The van der Waals surface area contributed by atoms with Gasteiger partial charge >= 0.3 is 0 Å². The molecule has 1 atom stereocenters. The molecule has 1 aromatic heterocycles. The molecule has 0 saturated carbocycles. The Labute approximate surface area is 234 Å². The summed E-state index contributed by atoms with van der Waals surface area (Å²) >= 11 is 1.16. The minimum atomic E-state index is -0.911. The highest BCUT2D eigenvalue weighted by Crippen LogP contribution is 2.47. The predicted octanol–water partition coefficient (Wildman–Crippen LogP) is 6.34. The molecule has 0 radical (unpaired) electrons. The van der Waals surface area contributed by atoms with Crippen LogP contribution in [0.2, 0.25) is 0 Å². The molecule has 10 heteroatoms. The quantitative estimate of drug-likeness (QED) is 0.252. The Kier molecular flexibility index (Phi) is 7.55. The van der Waals surface area contributed by atoms with E-state index in [0.717, 1.165) is 60.1 Å². The van der Waals surface area contributed by atoms with Crippen molar-refractivity contribution < 1.29 is 27.4 Å². The van der Waals surface area contributed by atoms with Crippen LogP contribution in [-0.4, -0.2) is 29.7 Å². The third kappa shape index (κ3) is 4.92. The molecule has 1 aliphatic rings. The fourth-order valence-corrected chi connectivity index (χ4v) is 6.37. The Bertz CT molecular complexity index is 1570. The molecular formula is C30H28F3N3O3S. The van der Waals surface area contributed by atoms with Gasteiger partial charge in [0, 0.05) is 28.0 Å². The van der Waals surface area contributed by atoms with Crippen LogP contribution in [0.25, 0.3) is 5.69 Å². The first-order valence-electron chi connectivity index (χ1n) is 12.7. The van der Waals surface area contributed by atoms with Gasteiger partial charge in [-0.2, -0.15) is 0 Å². The fourth-order valence-electron chi connectivity index (χ4n) is 5.32. The lowest BCUT2D eigenvalue weighted by Crippen LogP contribution is -2.31. The molecule has 0 spiro atoms. The van der Waals surface area contributed by atoms with Crippen molar-refractivity contribution in [3.8, 4) is 17.2 Å². The van der Waals surface area contributed by atoms with Crippen molar-refractivity contribution in [2.24, 2.45) is 5.73 Å². The number of methoxy groups -OCH3 is 2. The largest absolute Gasteiger partial charge is 0.493 e. The van der Waals surface area contributed by atoms with Gasteiger partial charge in [-0.25, -0.2) is 18.2 Å². The molecule has 0 saturated heterocycles. The molecule has 208 valence electrons. The number of rotatable bonds is 8. The zero-order valence-corrected chi connectivity index (χ0v) is 23.1. The highest BCUT2D eigenvalue weighted by atomic mass is 32.2. The van der Waals surface area contributed by atoms with Crippen molar-refractivity contribution in [1.82, 2.24) is 9.55 Å². The third-order valence-corrected chi connectivity index (χ3v) is 8.37. The van der Waals surface area contributed by atoms with Gasteiger partial charge in [0.15, 0.2) is 16.7 Å². The van der Waals surface area contributed by atoms with E-state index in [9.17, 15) is 18.0 Å². The van der Waals surface area contributed by atoms with Crippen LogP contribution in [0.15, 0.2) is 59.8 Å². The average Bonchev–Trinajstić information content (AvgIpc) is 3.32. The molecule has 1 aliphatic carbocycles. The number of aromatic nitrogens is 2. The summed E-state index contributed by atoms with van der Waals surface area (Å²) in [5.74, 6) is -1.89. The van der Waals surface area contributed by atoms with Gasteiger partial charge in [-0.05, 0) is 80.3 Å². The van der Waals surface area contributed by atoms with Crippen LogP contribution in [0.4, 0.5) is 13.2 Å². The number of aryl methyl sites for hydroxylation is 1. The van der Waals surface area contributed by atoms with Crippen LogP contribution in [-0.2, 0) is 17.6 Å². The molecule has 0 bridgehead atoms. The van der Waals surface area contributed by atoms with E-state index in [1.165, 1.54) is 12.1 Å². The second-order valence-corrected chi connectivity index (χ2v) is 10.8. The smallest absolute Gasteiger partial charge is 0.248 e. The minimum absolute atomic E-state index is 0.0825. The summed E-state index contributed by atoms with van der Waals surface area (Å²) in [4.78, 5) is 16.3. The van der Waals surface area contributed by atoms with E-state index in [-0.39, 0.29) is 22.7 Å². The van der Waals surface area contributed by atoms with E-state index < -0.39 is 23.0 Å². The molecular weight excluding hydrogens is 539 g/mol. The van der Waals surface area contributed by atoms with Crippen LogP contribution in [0.5, 0.6) is 11.5 Å². The zero-order valence-electron chi connectivity index (χ0n) is 22.3. The summed E-state index contributed by atoms with van der Waals surface area (Å²) in [6.07, 6.45) is 2.40. The van der Waals surface area contributed by atoms with Crippen LogP contribution in [0.1, 0.15) is 52.6 Å². The average molecular weight is 568 g/mol. The monoisotopic (exact) mass is 567 g/mol. The second kappa shape index (κ2) is 10.9. The Hall–Kier alpha value is -3.92. The van der Waals surface area contributed by atoms with E-state index >= 15 is 0 Å². The fraction of sp³-hybridized carbons (Fsp3) is 0.267. The Morgan fingerprint density at radius 2 is 1.70 bits per heavy atom. The van der Waals surface area contributed by atoms with E-state index in [2.05, 4.69) is 6.92 Å². The van der Waals surface area contributed by atoms with Gasteiger partial charge in [0.05, 0.1) is 25.6 Å². The third-order valence-electron chi connectivity index (χ3n) is 7.41. The van der Waals surface area contributed by atoms with Gasteiger partial charge in [0.2, 0.25) is 5.91 Å². The number of imidazole rings is 1. The maximum absolute atomic E-state index is 14.8. The Morgan fingerprint density at radius 1 is 1.02 bits per heavy atom. The number of halogens is 3. The van der Waals surface area contributed by atoms with Crippen LogP contribution >= 0.6 is 11.8 Å². The van der Waals surface area contributed by atoms with Gasteiger partial charge in [0.25, 0.3) is 0 Å². The second-order valence-electron chi connectivity index (χ2n) is 9.83. The summed E-state index contributed by atoms with van der Waals surface area (Å²) in [5, 5.41) is 0.517. The lowest BCUT2D eigenvalue weighted by molar-refractivity contribution is 0.0999. The van der Waals surface area contributed by atoms with Gasteiger partial charge in [-0.1, -0.05) is 17.8 Å².